The first-order valence-corrected chi connectivity index (χ1v) is 7.74. The highest BCUT2D eigenvalue weighted by atomic mass is 16.2. The van der Waals surface area contributed by atoms with E-state index in [2.05, 4.69) is 5.32 Å². The zero-order valence-corrected chi connectivity index (χ0v) is 13.9. The molecule has 130 valence electrons. The van der Waals surface area contributed by atoms with Crippen LogP contribution >= 0.6 is 0 Å². The molecule has 1 aromatic rings. The molecule has 0 atom stereocenters. The molecule has 1 aliphatic rings. The number of carbonyl (C=O) groups is 3. The number of nitrogens with two attached hydrogens (primary N) is 1. The molecule has 3 N–H and O–H groups in total. The quantitative estimate of drug-likeness (QED) is 0.459. The van der Waals surface area contributed by atoms with Gasteiger partial charge in [-0.15, -0.1) is 0 Å². The molecule has 1 aliphatic heterocycles. The van der Waals surface area contributed by atoms with E-state index >= 15 is 0 Å². The minimum absolute atomic E-state index is 0.0427. The first kappa shape index (κ1) is 18.0. The Labute approximate surface area is 145 Å². The largest absolute Gasteiger partial charge is 0.399 e. The summed E-state index contributed by atoms with van der Waals surface area (Å²) in [5, 5.41) is 11.6. The molecule has 8 nitrogen and oxygen atoms in total. The molecular weight excluding hydrogens is 322 g/mol. The molecular formula is C17H19N5O3. The van der Waals surface area contributed by atoms with Crippen molar-refractivity contribution in [1.29, 1.82) is 5.26 Å². The average molecular weight is 341 g/mol. The predicted octanol–water partition coefficient (Wildman–Crippen LogP) is 0.0968. The maximum absolute atomic E-state index is 12.4. The normalized spacial score (nSPS) is 14.6. The van der Waals surface area contributed by atoms with Crippen molar-refractivity contribution in [3.63, 3.8) is 0 Å². The molecule has 1 aromatic carbocycles. The van der Waals surface area contributed by atoms with E-state index in [0.717, 1.165) is 6.20 Å². The van der Waals surface area contributed by atoms with Crippen LogP contribution in [0.4, 0.5) is 5.69 Å². The summed E-state index contributed by atoms with van der Waals surface area (Å²) in [6.07, 6.45) is 1.11. The third-order valence-electron chi connectivity index (χ3n) is 3.88. The van der Waals surface area contributed by atoms with Gasteiger partial charge in [0.05, 0.1) is 0 Å². The van der Waals surface area contributed by atoms with Gasteiger partial charge in [-0.1, -0.05) is 0 Å². The lowest BCUT2D eigenvalue weighted by molar-refractivity contribution is -0.136. The molecule has 8 heteroatoms. The van der Waals surface area contributed by atoms with Gasteiger partial charge in [-0.25, -0.2) is 0 Å². The Balaban J connectivity index is 1.99. The Bertz CT molecular complexity index is 741. The number of nitrogens with one attached hydrogen (secondary N) is 1. The van der Waals surface area contributed by atoms with Gasteiger partial charge < -0.3 is 20.9 Å². The lowest BCUT2D eigenvalue weighted by Gasteiger charge is -2.34. The van der Waals surface area contributed by atoms with Crippen LogP contribution in [0, 0.1) is 11.3 Å². The highest BCUT2D eigenvalue weighted by molar-refractivity contribution is 5.99. The van der Waals surface area contributed by atoms with Crippen LogP contribution in [0.5, 0.6) is 0 Å². The monoisotopic (exact) mass is 341 g/mol. The number of nitrogens with zero attached hydrogens (tertiary/aromatic N) is 3. The van der Waals surface area contributed by atoms with Crippen LogP contribution in [-0.2, 0) is 9.59 Å². The molecule has 1 saturated heterocycles. The number of nitriles is 1. The SMILES string of the molecule is CC(=O)N1CCN(C(=O)/C(C#N)=C\NC(=O)c2ccc(N)cc2)CC1. The Morgan fingerprint density at radius 2 is 1.68 bits per heavy atom. The number of piperazine rings is 1. The smallest absolute Gasteiger partial charge is 0.266 e. The van der Waals surface area contributed by atoms with E-state index in [1.807, 2.05) is 0 Å². The number of hydrogen-bond acceptors (Lipinski definition) is 5. The first-order chi connectivity index (χ1) is 11.9. The van der Waals surface area contributed by atoms with E-state index in [4.69, 9.17) is 5.73 Å². The van der Waals surface area contributed by atoms with Crippen LogP contribution in [0.1, 0.15) is 17.3 Å². The molecule has 0 aliphatic carbocycles. The van der Waals surface area contributed by atoms with Crippen molar-refractivity contribution >= 4 is 23.4 Å². The van der Waals surface area contributed by atoms with Gasteiger partial charge in [0.15, 0.2) is 0 Å². The average Bonchev–Trinajstić information content (AvgIpc) is 2.62. The molecule has 0 bridgehead atoms. The third-order valence-corrected chi connectivity index (χ3v) is 3.88. The van der Waals surface area contributed by atoms with Crippen LogP contribution in [0.25, 0.3) is 0 Å². The molecule has 0 aromatic heterocycles. The van der Waals surface area contributed by atoms with Crippen molar-refractivity contribution in [3.05, 3.63) is 41.6 Å². The fraction of sp³-hybridized carbons (Fsp3) is 0.294. The minimum Gasteiger partial charge on any atom is -0.399 e. The summed E-state index contributed by atoms with van der Waals surface area (Å²) < 4.78 is 0. The molecule has 0 unspecified atom stereocenters. The van der Waals surface area contributed by atoms with Crippen molar-refractivity contribution < 1.29 is 14.4 Å². The maximum Gasteiger partial charge on any atom is 0.266 e. The standard InChI is InChI=1S/C17H19N5O3/c1-12(23)21-6-8-22(9-7-21)17(25)14(10-18)11-20-16(24)13-2-4-15(19)5-3-13/h2-5,11H,6-9,19H2,1H3,(H,20,24)/b14-11-. The number of rotatable bonds is 3. The summed E-state index contributed by atoms with van der Waals surface area (Å²) in [6.45, 7) is 3.03. The first-order valence-electron chi connectivity index (χ1n) is 7.74. The van der Waals surface area contributed by atoms with Crippen LogP contribution < -0.4 is 11.1 Å². The fourth-order valence-electron chi connectivity index (χ4n) is 2.39. The van der Waals surface area contributed by atoms with Gasteiger partial charge in [0.1, 0.15) is 11.6 Å². The van der Waals surface area contributed by atoms with Gasteiger partial charge in [-0.2, -0.15) is 5.26 Å². The lowest BCUT2D eigenvalue weighted by atomic mass is 10.2. The Morgan fingerprint density at radius 3 is 2.20 bits per heavy atom. The van der Waals surface area contributed by atoms with E-state index in [-0.39, 0.29) is 11.5 Å². The molecule has 0 spiro atoms. The van der Waals surface area contributed by atoms with Crippen LogP contribution in [-0.4, -0.2) is 53.7 Å². The van der Waals surface area contributed by atoms with Gasteiger partial charge in [-0.3, -0.25) is 14.4 Å². The maximum atomic E-state index is 12.4. The van der Waals surface area contributed by atoms with Gasteiger partial charge in [0.25, 0.3) is 11.8 Å². The Morgan fingerprint density at radius 1 is 1.12 bits per heavy atom. The van der Waals surface area contributed by atoms with Crippen molar-refractivity contribution in [3.8, 4) is 6.07 Å². The summed E-state index contributed by atoms with van der Waals surface area (Å²) >= 11 is 0. The Kier molecular flexibility index (Phi) is 5.74. The predicted molar refractivity (Wildman–Crippen MR) is 90.9 cm³/mol. The number of benzene rings is 1. The number of anilines is 1. The van der Waals surface area contributed by atoms with E-state index in [9.17, 15) is 19.6 Å². The fourth-order valence-corrected chi connectivity index (χ4v) is 2.39. The highest BCUT2D eigenvalue weighted by Gasteiger charge is 2.24. The Hall–Kier alpha value is -3.34. The van der Waals surface area contributed by atoms with Crippen molar-refractivity contribution in [2.75, 3.05) is 31.9 Å². The van der Waals surface area contributed by atoms with Gasteiger partial charge in [-0.05, 0) is 24.3 Å². The number of amides is 3. The van der Waals surface area contributed by atoms with E-state index in [1.54, 1.807) is 35.2 Å². The lowest BCUT2D eigenvalue weighted by Crippen LogP contribution is -2.50. The minimum atomic E-state index is -0.469. The topological polar surface area (TPSA) is 120 Å². The summed E-state index contributed by atoms with van der Waals surface area (Å²) in [6, 6.07) is 8.08. The van der Waals surface area contributed by atoms with Crippen LogP contribution in [0.3, 0.4) is 0 Å². The number of hydrogen-bond donors (Lipinski definition) is 2. The zero-order valence-electron chi connectivity index (χ0n) is 13.9. The van der Waals surface area contributed by atoms with Gasteiger partial charge in [0, 0.05) is 50.6 Å². The summed E-state index contributed by atoms with van der Waals surface area (Å²) in [7, 11) is 0. The highest BCUT2D eigenvalue weighted by Crippen LogP contribution is 2.08. The molecule has 0 saturated carbocycles. The van der Waals surface area contributed by atoms with Crippen molar-refractivity contribution in [2.24, 2.45) is 0 Å². The second-order valence-corrected chi connectivity index (χ2v) is 5.56. The number of carbonyl (C=O) groups excluding carboxylic acids is 3. The van der Waals surface area contributed by atoms with E-state index < -0.39 is 11.8 Å². The molecule has 25 heavy (non-hydrogen) atoms. The molecule has 1 fully saturated rings. The molecule has 2 rings (SSSR count). The van der Waals surface area contributed by atoms with Crippen LogP contribution in [0.2, 0.25) is 0 Å². The van der Waals surface area contributed by atoms with E-state index in [1.165, 1.54) is 11.8 Å². The molecule has 1 heterocycles. The zero-order chi connectivity index (χ0) is 18.4. The summed E-state index contributed by atoms with van der Waals surface area (Å²) in [5.41, 5.74) is 6.29. The van der Waals surface area contributed by atoms with E-state index in [0.29, 0.717) is 37.4 Å². The second kappa shape index (κ2) is 7.97. The van der Waals surface area contributed by atoms with Gasteiger partial charge in [0.2, 0.25) is 5.91 Å². The molecule has 3 amide bonds. The van der Waals surface area contributed by atoms with Crippen molar-refractivity contribution in [2.45, 2.75) is 6.92 Å². The molecule has 0 radical (unpaired) electrons. The van der Waals surface area contributed by atoms with Crippen molar-refractivity contribution in [1.82, 2.24) is 15.1 Å². The van der Waals surface area contributed by atoms with Crippen LogP contribution in [0.15, 0.2) is 36.0 Å². The number of nitrogen functional groups attached to an aromatic ring is 1. The summed E-state index contributed by atoms with van der Waals surface area (Å²) in [5.74, 6) is -0.954. The second-order valence-electron chi connectivity index (χ2n) is 5.56. The van der Waals surface area contributed by atoms with Gasteiger partial charge >= 0.3 is 0 Å². The third kappa shape index (κ3) is 4.57. The summed E-state index contributed by atoms with van der Waals surface area (Å²) in [4.78, 5) is 38.8.